The average molecular weight is 522 g/mol. The Balaban J connectivity index is 0.00000392. The van der Waals surface area contributed by atoms with E-state index in [1.807, 2.05) is 37.3 Å². The summed E-state index contributed by atoms with van der Waals surface area (Å²) in [5.41, 5.74) is 0.841. The molecule has 2 N–H and O–H groups in total. The van der Waals surface area contributed by atoms with E-state index in [0.29, 0.717) is 13.0 Å². The number of aliphatic imine (C=N–C) groups is 1. The van der Waals surface area contributed by atoms with Crippen molar-refractivity contribution in [3.63, 3.8) is 0 Å². The lowest BCUT2D eigenvalue weighted by molar-refractivity contribution is 0.232. The van der Waals surface area contributed by atoms with Crippen LogP contribution in [0.4, 0.5) is 0 Å². The van der Waals surface area contributed by atoms with Crippen molar-refractivity contribution in [3.8, 4) is 0 Å². The van der Waals surface area contributed by atoms with Crippen LogP contribution in [0.25, 0.3) is 0 Å². The number of sulfone groups is 1. The van der Waals surface area contributed by atoms with Crippen LogP contribution >= 0.6 is 24.0 Å². The first kappa shape index (κ1) is 25.2. The normalized spacial score (nSPS) is 15.7. The van der Waals surface area contributed by atoms with Crippen LogP contribution in [0.5, 0.6) is 0 Å². The number of guanidine groups is 1. The molecular formula is C20H35IN4O2S. The van der Waals surface area contributed by atoms with E-state index in [2.05, 4.69) is 20.5 Å². The van der Waals surface area contributed by atoms with Crippen LogP contribution in [0.15, 0.2) is 35.3 Å². The summed E-state index contributed by atoms with van der Waals surface area (Å²) in [6.45, 7) is 7.60. The standard InChI is InChI=1S/C20H34N4O2S.HI/c1-2-21-20(23-13-16-24-14-7-4-8-15-24)22-12-9-17-27(25,26)18-19-10-5-3-6-11-19;/h3,5-6,10-11H,2,4,7-9,12-18H2,1H3,(H2,21,22,23);1H. The van der Waals surface area contributed by atoms with Crippen LogP contribution in [0.3, 0.4) is 0 Å². The number of nitrogens with zero attached hydrogens (tertiary/aromatic N) is 2. The summed E-state index contributed by atoms with van der Waals surface area (Å²) in [6.07, 6.45) is 4.48. The molecule has 0 amide bonds. The van der Waals surface area contributed by atoms with Gasteiger partial charge in [-0.1, -0.05) is 36.8 Å². The molecule has 0 aliphatic carbocycles. The fourth-order valence-corrected chi connectivity index (χ4v) is 4.65. The van der Waals surface area contributed by atoms with Gasteiger partial charge in [-0.15, -0.1) is 24.0 Å². The van der Waals surface area contributed by atoms with Gasteiger partial charge in [-0.25, -0.2) is 8.42 Å². The first-order valence-corrected chi connectivity index (χ1v) is 11.9. The quantitative estimate of drug-likeness (QED) is 0.214. The molecule has 28 heavy (non-hydrogen) atoms. The molecule has 1 fully saturated rings. The molecule has 1 saturated heterocycles. The lowest BCUT2D eigenvalue weighted by Crippen LogP contribution is -2.42. The van der Waals surface area contributed by atoms with Gasteiger partial charge in [0.1, 0.15) is 0 Å². The number of hydrogen-bond acceptors (Lipinski definition) is 4. The van der Waals surface area contributed by atoms with Crippen molar-refractivity contribution >= 4 is 39.8 Å². The molecule has 0 aromatic heterocycles. The molecule has 0 spiro atoms. The minimum Gasteiger partial charge on any atom is -0.357 e. The van der Waals surface area contributed by atoms with Crippen molar-refractivity contribution in [1.29, 1.82) is 0 Å². The summed E-state index contributed by atoms with van der Waals surface area (Å²) in [5, 5.41) is 6.58. The second kappa shape index (κ2) is 14.2. The van der Waals surface area contributed by atoms with Crippen molar-refractivity contribution < 1.29 is 8.42 Å². The zero-order valence-electron chi connectivity index (χ0n) is 16.9. The third-order valence-corrected chi connectivity index (χ3v) is 6.31. The largest absolute Gasteiger partial charge is 0.357 e. The number of benzene rings is 1. The summed E-state index contributed by atoms with van der Waals surface area (Å²) in [7, 11) is -3.09. The Morgan fingerprint density at radius 3 is 2.50 bits per heavy atom. The van der Waals surface area contributed by atoms with E-state index in [1.165, 1.54) is 32.4 Å². The molecule has 0 saturated carbocycles. The molecule has 0 atom stereocenters. The summed E-state index contributed by atoms with van der Waals surface area (Å²) in [4.78, 5) is 7.00. The van der Waals surface area contributed by atoms with E-state index in [1.54, 1.807) is 0 Å². The molecule has 2 rings (SSSR count). The van der Waals surface area contributed by atoms with E-state index < -0.39 is 9.84 Å². The minimum atomic E-state index is -3.09. The number of halogens is 1. The predicted octanol–water partition coefficient (Wildman–Crippen LogP) is 2.65. The van der Waals surface area contributed by atoms with Crippen LogP contribution in [0.1, 0.15) is 38.2 Å². The summed E-state index contributed by atoms with van der Waals surface area (Å²) >= 11 is 0. The number of hydrogen-bond donors (Lipinski definition) is 2. The van der Waals surface area contributed by atoms with Gasteiger partial charge in [0.2, 0.25) is 0 Å². The number of rotatable bonds is 10. The van der Waals surface area contributed by atoms with Gasteiger partial charge in [-0.05, 0) is 44.8 Å². The average Bonchev–Trinajstić information content (AvgIpc) is 2.66. The van der Waals surface area contributed by atoms with Crippen molar-refractivity contribution in [2.24, 2.45) is 4.99 Å². The summed E-state index contributed by atoms with van der Waals surface area (Å²) < 4.78 is 24.5. The Labute approximate surface area is 187 Å². The SMILES string of the molecule is CCNC(=NCCCS(=O)(=O)Cc1ccccc1)NCCN1CCCCC1.I. The maximum absolute atomic E-state index is 12.2. The van der Waals surface area contributed by atoms with Gasteiger partial charge in [0.15, 0.2) is 15.8 Å². The molecule has 1 heterocycles. The van der Waals surface area contributed by atoms with Gasteiger partial charge in [-0.2, -0.15) is 0 Å². The van der Waals surface area contributed by atoms with Crippen LogP contribution in [0.2, 0.25) is 0 Å². The second-order valence-electron chi connectivity index (χ2n) is 7.02. The Morgan fingerprint density at radius 1 is 1.11 bits per heavy atom. The predicted molar refractivity (Wildman–Crippen MR) is 128 cm³/mol. The molecule has 0 unspecified atom stereocenters. The molecule has 1 aliphatic heterocycles. The van der Waals surface area contributed by atoms with Gasteiger partial charge < -0.3 is 15.5 Å². The van der Waals surface area contributed by atoms with E-state index >= 15 is 0 Å². The van der Waals surface area contributed by atoms with Gasteiger partial charge >= 0.3 is 0 Å². The molecule has 1 aromatic rings. The fourth-order valence-electron chi connectivity index (χ4n) is 3.23. The second-order valence-corrected chi connectivity index (χ2v) is 9.20. The number of piperidine rings is 1. The van der Waals surface area contributed by atoms with E-state index in [0.717, 1.165) is 31.2 Å². The topological polar surface area (TPSA) is 73.8 Å². The Morgan fingerprint density at radius 2 is 1.82 bits per heavy atom. The highest BCUT2D eigenvalue weighted by molar-refractivity contribution is 14.0. The highest BCUT2D eigenvalue weighted by Crippen LogP contribution is 2.08. The first-order chi connectivity index (χ1) is 13.1. The number of likely N-dealkylation sites (tertiary alicyclic amines) is 1. The zero-order valence-corrected chi connectivity index (χ0v) is 20.0. The van der Waals surface area contributed by atoms with E-state index in [-0.39, 0.29) is 35.5 Å². The summed E-state index contributed by atoms with van der Waals surface area (Å²) in [6, 6.07) is 9.34. The highest BCUT2D eigenvalue weighted by atomic mass is 127. The van der Waals surface area contributed by atoms with Crippen molar-refractivity contribution in [1.82, 2.24) is 15.5 Å². The van der Waals surface area contributed by atoms with Crippen molar-refractivity contribution in [2.75, 3.05) is 45.0 Å². The minimum absolute atomic E-state index is 0. The molecule has 1 aliphatic rings. The van der Waals surface area contributed by atoms with Gasteiger partial charge in [-0.3, -0.25) is 4.99 Å². The monoisotopic (exact) mass is 522 g/mol. The molecule has 160 valence electrons. The Hall–Kier alpha value is -0.870. The maximum atomic E-state index is 12.2. The smallest absolute Gasteiger partial charge is 0.191 e. The van der Waals surface area contributed by atoms with E-state index in [4.69, 9.17) is 0 Å². The van der Waals surface area contributed by atoms with Crippen molar-refractivity contribution in [2.45, 2.75) is 38.4 Å². The molecule has 6 nitrogen and oxygen atoms in total. The lowest BCUT2D eigenvalue weighted by Gasteiger charge is -2.26. The molecule has 0 radical (unpaired) electrons. The van der Waals surface area contributed by atoms with Crippen LogP contribution in [-0.4, -0.2) is 64.3 Å². The molecular weight excluding hydrogens is 487 g/mol. The lowest BCUT2D eigenvalue weighted by atomic mass is 10.1. The number of nitrogens with one attached hydrogen (secondary N) is 2. The highest BCUT2D eigenvalue weighted by Gasteiger charge is 2.12. The Bertz CT molecular complexity index is 662. The zero-order chi connectivity index (χ0) is 19.4. The fraction of sp³-hybridized carbons (Fsp3) is 0.650. The van der Waals surface area contributed by atoms with Gasteiger partial charge in [0, 0.05) is 26.2 Å². The van der Waals surface area contributed by atoms with Crippen LogP contribution < -0.4 is 10.6 Å². The third kappa shape index (κ3) is 10.6. The Kier molecular flexibility index (Phi) is 12.7. The van der Waals surface area contributed by atoms with Gasteiger partial charge in [0.25, 0.3) is 0 Å². The molecule has 0 bridgehead atoms. The molecule has 1 aromatic carbocycles. The van der Waals surface area contributed by atoms with Crippen LogP contribution in [-0.2, 0) is 15.6 Å². The molecule has 8 heteroatoms. The first-order valence-electron chi connectivity index (χ1n) is 10.1. The summed E-state index contributed by atoms with van der Waals surface area (Å²) in [5.74, 6) is 1.04. The third-order valence-electron chi connectivity index (χ3n) is 4.63. The van der Waals surface area contributed by atoms with Crippen LogP contribution in [0, 0.1) is 0 Å². The van der Waals surface area contributed by atoms with E-state index in [9.17, 15) is 8.42 Å². The van der Waals surface area contributed by atoms with Crippen molar-refractivity contribution in [3.05, 3.63) is 35.9 Å². The maximum Gasteiger partial charge on any atom is 0.191 e. The van der Waals surface area contributed by atoms with Gasteiger partial charge in [0.05, 0.1) is 11.5 Å².